The maximum Gasteiger partial charge on any atom is 0.209 e. The summed E-state index contributed by atoms with van der Waals surface area (Å²) in [6.07, 6.45) is 9.10. The Bertz CT molecular complexity index is 713. The third kappa shape index (κ3) is 7.62. The van der Waals surface area contributed by atoms with Crippen LogP contribution in [0.3, 0.4) is 0 Å². The number of anilines is 1. The summed E-state index contributed by atoms with van der Waals surface area (Å²) >= 11 is 0. The maximum atomic E-state index is 12.8. The number of benzene rings is 1. The number of nitrogens with one attached hydrogen (secondary N) is 2. The number of rotatable bonds is 9. The van der Waals surface area contributed by atoms with Gasteiger partial charge in [-0.2, -0.15) is 5.26 Å². The Morgan fingerprint density at radius 3 is 2.69 bits per heavy atom. The molecule has 0 radical (unpaired) electrons. The van der Waals surface area contributed by atoms with E-state index in [2.05, 4.69) is 20.6 Å². The lowest BCUT2D eigenvalue weighted by Crippen LogP contribution is -2.27. The van der Waals surface area contributed by atoms with Gasteiger partial charge in [0, 0.05) is 12.7 Å². The van der Waals surface area contributed by atoms with Gasteiger partial charge in [-0.1, -0.05) is 6.42 Å². The Hall–Kier alpha value is -3.14. The van der Waals surface area contributed by atoms with Gasteiger partial charge in [-0.05, 0) is 55.7 Å². The van der Waals surface area contributed by atoms with Crippen molar-refractivity contribution in [1.82, 2.24) is 10.3 Å². The lowest BCUT2D eigenvalue weighted by Gasteiger charge is -2.07. The monoisotopic (exact) mass is 355 g/mol. The topological polar surface area (TPSA) is 82.3 Å². The predicted octanol–water partition coefficient (Wildman–Crippen LogP) is 3.70. The molecule has 1 aromatic heterocycles. The van der Waals surface area contributed by atoms with Crippen molar-refractivity contribution >= 4 is 11.6 Å². The normalized spacial score (nSPS) is 10.8. The van der Waals surface area contributed by atoms with Crippen molar-refractivity contribution in [2.75, 3.05) is 18.5 Å². The van der Waals surface area contributed by atoms with Crippen molar-refractivity contribution in [3.05, 3.63) is 54.6 Å². The number of ether oxygens (including phenoxy) is 1. The second-order valence-electron chi connectivity index (χ2n) is 5.55. The van der Waals surface area contributed by atoms with E-state index >= 15 is 0 Å². The zero-order chi connectivity index (χ0) is 18.5. The van der Waals surface area contributed by atoms with Crippen molar-refractivity contribution < 1.29 is 9.13 Å². The van der Waals surface area contributed by atoms with Crippen molar-refractivity contribution in [3.8, 4) is 11.9 Å². The number of halogens is 1. The number of hydrogen-bond acceptors (Lipinski definition) is 4. The van der Waals surface area contributed by atoms with E-state index in [-0.39, 0.29) is 5.82 Å². The summed E-state index contributed by atoms with van der Waals surface area (Å²) in [5.41, 5.74) is 0.770. The molecule has 0 aliphatic rings. The van der Waals surface area contributed by atoms with Gasteiger partial charge >= 0.3 is 0 Å². The van der Waals surface area contributed by atoms with Crippen LogP contribution in [0.2, 0.25) is 0 Å². The first-order valence-corrected chi connectivity index (χ1v) is 8.53. The van der Waals surface area contributed by atoms with E-state index in [0.29, 0.717) is 24.9 Å². The Morgan fingerprint density at radius 2 is 1.96 bits per heavy atom. The van der Waals surface area contributed by atoms with E-state index in [1.54, 1.807) is 30.6 Å². The maximum absolute atomic E-state index is 12.8. The molecule has 2 aromatic rings. The Kier molecular flexibility index (Phi) is 8.43. The van der Waals surface area contributed by atoms with Crippen molar-refractivity contribution in [3.63, 3.8) is 0 Å². The number of nitriles is 1. The summed E-state index contributed by atoms with van der Waals surface area (Å²) in [7, 11) is 0. The molecule has 6 nitrogen and oxygen atoms in total. The lowest BCUT2D eigenvalue weighted by molar-refractivity contribution is 0.304. The van der Waals surface area contributed by atoms with Gasteiger partial charge in [0.2, 0.25) is 5.96 Å². The molecule has 0 amide bonds. The molecule has 136 valence electrons. The van der Waals surface area contributed by atoms with Crippen LogP contribution < -0.4 is 15.4 Å². The fourth-order valence-electron chi connectivity index (χ4n) is 2.22. The van der Waals surface area contributed by atoms with Gasteiger partial charge in [0.1, 0.15) is 11.6 Å². The molecule has 1 heterocycles. The molecule has 26 heavy (non-hydrogen) atoms. The number of hydrogen-bond donors (Lipinski definition) is 2. The van der Waals surface area contributed by atoms with Crippen LogP contribution in [-0.2, 0) is 0 Å². The Labute approximate surface area is 152 Å². The van der Waals surface area contributed by atoms with E-state index < -0.39 is 0 Å². The van der Waals surface area contributed by atoms with Crippen LogP contribution in [0.25, 0.3) is 0 Å². The SMILES string of the molecule is N#CNC(=NCCCCCCOc1ccc(F)cc1)Nc1cccnc1. The van der Waals surface area contributed by atoms with Crippen molar-refractivity contribution in [2.24, 2.45) is 4.99 Å². The van der Waals surface area contributed by atoms with Crippen LogP contribution in [0, 0.1) is 17.3 Å². The van der Waals surface area contributed by atoms with E-state index in [9.17, 15) is 4.39 Å². The highest BCUT2D eigenvalue weighted by molar-refractivity contribution is 5.94. The second-order valence-corrected chi connectivity index (χ2v) is 5.55. The van der Waals surface area contributed by atoms with Gasteiger partial charge in [0.05, 0.1) is 18.5 Å². The van der Waals surface area contributed by atoms with E-state index in [0.717, 1.165) is 31.4 Å². The molecule has 0 unspecified atom stereocenters. The van der Waals surface area contributed by atoms with Gasteiger partial charge < -0.3 is 10.1 Å². The van der Waals surface area contributed by atoms with Crippen LogP contribution in [0.5, 0.6) is 5.75 Å². The van der Waals surface area contributed by atoms with Crippen LogP contribution in [0.1, 0.15) is 25.7 Å². The second kappa shape index (κ2) is 11.4. The van der Waals surface area contributed by atoms with E-state index in [4.69, 9.17) is 10.00 Å². The average molecular weight is 355 g/mol. The highest BCUT2D eigenvalue weighted by Gasteiger charge is 1.99. The first kappa shape index (κ1) is 19.2. The summed E-state index contributed by atoms with van der Waals surface area (Å²) in [5, 5.41) is 14.3. The fraction of sp³-hybridized carbons (Fsp3) is 0.316. The number of nitrogens with zero attached hydrogens (tertiary/aromatic N) is 3. The largest absolute Gasteiger partial charge is 0.494 e. The van der Waals surface area contributed by atoms with Gasteiger partial charge in [0.15, 0.2) is 6.19 Å². The summed E-state index contributed by atoms with van der Waals surface area (Å²) in [6, 6.07) is 9.69. The van der Waals surface area contributed by atoms with Gasteiger partial charge in [-0.15, -0.1) is 0 Å². The average Bonchev–Trinajstić information content (AvgIpc) is 2.66. The zero-order valence-electron chi connectivity index (χ0n) is 14.5. The number of pyridine rings is 1. The molecule has 0 saturated carbocycles. The van der Waals surface area contributed by atoms with Gasteiger partial charge in [0.25, 0.3) is 0 Å². The highest BCUT2D eigenvalue weighted by Crippen LogP contribution is 2.12. The third-order valence-corrected chi connectivity index (χ3v) is 3.50. The summed E-state index contributed by atoms with van der Waals surface area (Å²) in [6.45, 7) is 1.23. The van der Waals surface area contributed by atoms with Crippen LogP contribution in [-0.4, -0.2) is 24.1 Å². The highest BCUT2D eigenvalue weighted by atomic mass is 19.1. The number of aliphatic imine (C=N–C) groups is 1. The number of aromatic nitrogens is 1. The molecule has 0 aliphatic carbocycles. The minimum Gasteiger partial charge on any atom is -0.494 e. The first-order chi connectivity index (χ1) is 12.8. The summed E-state index contributed by atoms with van der Waals surface area (Å²) in [4.78, 5) is 8.36. The molecule has 2 rings (SSSR count). The number of unbranched alkanes of at least 4 members (excludes halogenated alkanes) is 3. The van der Waals surface area contributed by atoms with Crippen molar-refractivity contribution in [2.45, 2.75) is 25.7 Å². The predicted molar refractivity (Wildman–Crippen MR) is 99.3 cm³/mol. The van der Waals surface area contributed by atoms with Crippen LogP contribution in [0.4, 0.5) is 10.1 Å². The Morgan fingerprint density at radius 1 is 1.15 bits per heavy atom. The smallest absolute Gasteiger partial charge is 0.209 e. The zero-order valence-corrected chi connectivity index (χ0v) is 14.5. The molecule has 0 fully saturated rings. The molecular weight excluding hydrogens is 333 g/mol. The minimum atomic E-state index is -0.263. The lowest BCUT2D eigenvalue weighted by atomic mass is 10.2. The molecule has 0 spiro atoms. The molecule has 0 saturated heterocycles. The molecule has 0 atom stereocenters. The quantitative estimate of drug-likeness (QED) is 0.236. The molecule has 1 aromatic carbocycles. The van der Waals surface area contributed by atoms with Gasteiger partial charge in [-0.3, -0.25) is 15.3 Å². The van der Waals surface area contributed by atoms with Crippen LogP contribution in [0.15, 0.2) is 53.8 Å². The van der Waals surface area contributed by atoms with E-state index in [1.807, 2.05) is 12.3 Å². The van der Waals surface area contributed by atoms with Crippen molar-refractivity contribution in [1.29, 1.82) is 5.26 Å². The standard InChI is InChI=1S/C19H22FN5O/c20-16-7-9-18(10-8-16)26-13-4-2-1-3-12-23-19(24-15-21)25-17-6-5-11-22-14-17/h5-11,14H,1-4,12-13H2,(H2,23,24,25). The fourth-order valence-corrected chi connectivity index (χ4v) is 2.22. The van der Waals surface area contributed by atoms with Crippen LogP contribution >= 0.6 is 0 Å². The molecule has 2 N–H and O–H groups in total. The molecular formula is C19H22FN5O. The summed E-state index contributed by atoms with van der Waals surface area (Å²) in [5.74, 6) is 0.839. The molecule has 0 bridgehead atoms. The number of guanidine groups is 1. The molecule has 0 aliphatic heterocycles. The Balaban J connectivity index is 1.59. The summed E-state index contributed by atoms with van der Waals surface area (Å²) < 4.78 is 18.3. The third-order valence-electron chi connectivity index (χ3n) is 3.50. The minimum absolute atomic E-state index is 0.263. The molecule has 7 heteroatoms. The van der Waals surface area contributed by atoms with Gasteiger partial charge in [-0.25, -0.2) is 4.39 Å². The first-order valence-electron chi connectivity index (χ1n) is 8.53. The van der Waals surface area contributed by atoms with E-state index in [1.165, 1.54) is 12.1 Å².